The molecule has 0 saturated carbocycles. The Morgan fingerprint density at radius 1 is 1.38 bits per heavy atom. The zero-order valence-corrected chi connectivity index (χ0v) is 12.7. The molecule has 0 aliphatic carbocycles. The Balaban J connectivity index is 1.90. The molecule has 2 rings (SSSR count). The number of hydrogen-bond donors (Lipinski definition) is 0. The van der Waals surface area contributed by atoms with Gasteiger partial charge in [0.05, 0.1) is 0 Å². The van der Waals surface area contributed by atoms with Crippen molar-refractivity contribution < 1.29 is 9.53 Å². The first-order chi connectivity index (χ1) is 10.2. The Hall–Kier alpha value is -1.81. The molecule has 4 nitrogen and oxygen atoms in total. The summed E-state index contributed by atoms with van der Waals surface area (Å²) in [7, 11) is 2.11. The normalized spacial score (nSPS) is 16.4. The van der Waals surface area contributed by atoms with Gasteiger partial charge in [0.2, 0.25) is 0 Å². The van der Waals surface area contributed by atoms with Gasteiger partial charge in [0, 0.05) is 12.6 Å². The third-order valence-corrected chi connectivity index (χ3v) is 3.89. The molecule has 1 aromatic carbocycles. The van der Waals surface area contributed by atoms with Gasteiger partial charge in [-0.15, -0.1) is 6.58 Å². The predicted molar refractivity (Wildman–Crippen MR) is 84.0 cm³/mol. The molecule has 0 radical (unpaired) electrons. The van der Waals surface area contributed by atoms with Crippen LogP contribution in [0.3, 0.4) is 0 Å². The van der Waals surface area contributed by atoms with Crippen molar-refractivity contribution in [3.63, 3.8) is 0 Å². The van der Waals surface area contributed by atoms with Gasteiger partial charge in [-0.1, -0.05) is 36.4 Å². The summed E-state index contributed by atoms with van der Waals surface area (Å²) in [6.45, 7) is 6.65. The Bertz CT molecular complexity index is 453. The number of piperidine rings is 1. The highest BCUT2D eigenvalue weighted by molar-refractivity contribution is 5.68. The number of likely N-dealkylation sites (tertiary alicyclic amines) is 1. The van der Waals surface area contributed by atoms with Crippen molar-refractivity contribution in [2.45, 2.75) is 25.5 Å². The summed E-state index contributed by atoms with van der Waals surface area (Å²) in [5.74, 6) is 0. The second-order valence-electron chi connectivity index (χ2n) is 5.52. The van der Waals surface area contributed by atoms with Crippen LogP contribution in [0.15, 0.2) is 43.0 Å². The molecule has 4 heteroatoms. The van der Waals surface area contributed by atoms with Crippen molar-refractivity contribution in [2.24, 2.45) is 0 Å². The molecule has 1 aromatic rings. The molecule has 0 unspecified atom stereocenters. The van der Waals surface area contributed by atoms with Crippen LogP contribution < -0.4 is 0 Å². The largest absolute Gasteiger partial charge is 0.445 e. The Kier molecular flexibility index (Phi) is 5.81. The fraction of sp³-hybridized carbons (Fsp3) is 0.471. The fourth-order valence-electron chi connectivity index (χ4n) is 2.62. The Morgan fingerprint density at radius 2 is 2.05 bits per heavy atom. The van der Waals surface area contributed by atoms with Gasteiger partial charge >= 0.3 is 6.09 Å². The van der Waals surface area contributed by atoms with Crippen molar-refractivity contribution in [3.8, 4) is 0 Å². The zero-order valence-electron chi connectivity index (χ0n) is 12.7. The van der Waals surface area contributed by atoms with Crippen molar-refractivity contribution in [2.75, 3.05) is 26.7 Å². The van der Waals surface area contributed by atoms with Crippen molar-refractivity contribution in [1.29, 1.82) is 0 Å². The average molecular weight is 288 g/mol. The van der Waals surface area contributed by atoms with Gasteiger partial charge in [-0.25, -0.2) is 4.79 Å². The predicted octanol–water partition coefficient (Wildman–Crippen LogP) is 2.91. The second kappa shape index (κ2) is 7.84. The molecule has 1 fully saturated rings. The van der Waals surface area contributed by atoms with Gasteiger partial charge in [0.1, 0.15) is 6.61 Å². The summed E-state index contributed by atoms with van der Waals surface area (Å²) < 4.78 is 5.45. The summed E-state index contributed by atoms with van der Waals surface area (Å²) in [6.07, 6.45) is 3.51. The second-order valence-corrected chi connectivity index (χ2v) is 5.52. The standard InChI is InChI=1S/C17H24N2O2/c1-3-11-19(16-9-12-18(2)13-10-16)17(20)21-14-15-7-5-4-6-8-15/h3-8,16H,1,9-14H2,2H3. The molecule has 0 aromatic heterocycles. The third-order valence-electron chi connectivity index (χ3n) is 3.89. The Labute approximate surface area is 127 Å². The first-order valence-corrected chi connectivity index (χ1v) is 7.47. The van der Waals surface area contributed by atoms with E-state index in [2.05, 4.69) is 18.5 Å². The van der Waals surface area contributed by atoms with Gasteiger partial charge in [-0.2, -0.15) is 0 Å². The summed E-state index contributed by atoms with van der Waals surface area (Å²) >= 11 is 0. The minimum atomic E-state index is -0.242. The lowest BCUT2D eigenvalue weighted by atomic mass is 10.0. The highest BCUT2D eigenvalue weighted by Crippen LogP contribution is 2.17. The summed E-state index contributed by atoms with van der Waals surface area (Å²) in [5, 5.41) is 0. The molecular formula is C17H24N2O2. The number of amides is 1. The van der Waals surface area contributed by atoms with Crippen LogP contribution in [0.1, 0.15) is 18.4 Å². The molecule has 114 valence electrons. The molecule has 21 heavy (non-hydrogen) atoms. The van der Waals surface area contributed by atoms with Crippen LogP contribution in [0.2, 0.25) is 0 Å². The fourth-order valence-corrected chi connectivity index (χ4v) is 2.62. The SMILES string of the molecule is C=CCN(C(=O)OCc1ccccc1)C1CCN(C)CC1. The molecule has 0 atom stereocenters. The van der Waals surface area contributed by atoms with E-state index in [1.54, 1.807) is 6.08 Å². The summed E-state index contributed by atoms with van der Waals surface area (Å²) in [4.78, 5) is 16.4. The maximum absolute atomic E-state index is 12.3. The lowest BCUT2D eigenvalue weighted by Crippen LogP contribution is -2.46. The number of benzene rings is 1. The van der Waals surface area contributed by atoms with E-state index in [0.717, 1.165) is 31.5 Å². The van der Waals surface area contributed by atoms with Gasteiger partial charge < -0.3 is 14.5 Å². The van der Waals surface area contributed by atoms with Crippen LogP contribution in [-0.4, -0.2) is 48.6 Å². The van der Waals surface area contributed by atoms with Crippen LogP contribution in [0.4, 0.5) is 4.79 Å². The van der Waals surface area contributed by atoms with E-state index in [4.69, 9.17) is 4.74 Å². The first-order valence-electron chi connectivity index (χ1n) is 7.47. The molecule has 1 saturated heterocycles. The lowest BCUT2D eigenvalue weighted by Gasteiger charge is -2.36. The van der Waals surface area contributed by atoms with E-state index in [9.17, 15) is 4.79 Å². The molecule has 0 spiro atoms. The van der Waals surface area contributed by atoms with E-state index >= 15 is 0 Å². The number of nitrogens with zero attached hydrogens (tertiary/aromatic N) is 2. The van der Waals surface area contributed by atoms with Crippen LogP contribution in [0.5, 0.6) is 0 Å². The molecular weight excluding hydrogens is 264 g/mol. The van der Waals surface area contributed by atoms with E-state index in [-0.39, 0.29) is 12.1 Å². The molecule has 1 heterocycles. The van der Waals surface area contributed by atoms with E-state index in [1.807, 2.05) is 35.2 Å². The zero-order chi connectivity index (χ0) is 15.1. The van der Waals surface area contributed by atoms with Crippen LogP contribution >= 0.6 is 0 Å². The van der Waals surface area contributed by atoms with Crippen LogP contribution in [0, 0.1) is 0 Å². The monoisotopic (exact) mass is 288 g/mol. The van der Waals surface area contributed by atoms with Gasteiger partial charge in [0.25, 0.3) is 0 Å². The number of carbonyl (C=O) groups excluding carboxylic acids is 1. The van der Waals surface area contributed by atoms with Crippen molar-refractivity contribution in [3.05, 3.63) is 48.6 Å². The van der Waals surface area contributed by atoms with Gasteiger partial charge in [-0.05, 0) is 38.5 Å². The highest BCUT2D eigenvalue weighted by atomic mass is 16.6. The van der Waals surface area contributed by atoms with Crippen molar-refractivity contribution in [1.82, 2.24) is 9.80 Å². The van der Waals surface area contributed by atoms with Crippen LogP contribution in [-0.2, 0) is 11.3 Å². The average Bonchev–Trinajstić information content (AvgIpc) is 2.52. The maximum atomic E-state index is 12.3. The summed E-state index contributed by atoms with van der Waals surface area (Å²) in [6, 6.07) is 10.0. The smallest absolute Gasteiger partial charge is 0.410 e. The number of rotatable bonds is 5. The number of hydrogen-bond acceptors (Lipinski definition) is 3. The quantitative estimate of drug-likeness (QED) is 0.781. The Morgan fingerprint density at radius 3 is 2.67 bits per heavy atom. The molecule has 0 N–H and O–H groups in total. The maximum Gasteiger partial charge on any atom is 0.410 e. The summed E-state index contributed by atoms with van der Waals surface area (Å²) in [5.41, 5.74) is 1.01. The lowest BCUT2D eigenvalue weighted by molar-refractivity contribution is 0.0693. The highest BCUT2D eigenvalue weighted by Gasteiger charge is 2.27. The molecule has 1 aliphatic rings. The molecule has 1 amide bonds. The molecule has 0 bridgehead atoms. The van der Waals surface area contributed by atoms with E-state index in [1.165, 1.54) is 0 Å². The van der Waals surface area contributed by atoms with Crippen molar-refractivity contribution >= 4 is 6.09 Å². The number of ether oxygens (including phenoxy) is 1. The third kappa shape index (κ3) is 4.60. The van der Waals surface area contributed by atoms with Crippen LogP contribution in [0.25, 0.3) is 0 Å². The molecule has 1 aliphatic heterocycles. The van der Waals surface area contributed by atoms with E-state index in [0.29, 0.717) is 13.2 Å². The minimum absolute atomic E-state index is 0.242. The van der Waals surface area contributed by atoms with Gasteiger partial charge in [-0.3, -0.25) is 0 Å². The minimum Gasteiger partial charge on any atom is -0.445 e. The topological polar surface area (TPSA) is 32.8 Å². The first kappa shape index (κ1) is 15.6. The van der Waals surface area contributed by atoms with E-state index < -0.39 is 0 Å². The number of carbonyl (C=O) groups is 1. The van der Waals surface area contributed by atoms with Gasteiger partial charge in [0.15, 0.2) is 0 Å².